The van der Waals surface area contributed by atoms with E-state index in [-0.39, 0.29) is 0 Å². The van der Waals surface area contributed by atoms with Crippen LogP contribution in [0.1, 0.15) is 0 Å². The van der Waals surface area contributed by atoms with E-state index in [9.17, 15) is 0 Å². The van der Waals surface area contributed by atoms with Gasteiger partial charge in [-0.25, -0.2) is 0 Å². The van der Waals surface area contributed by atoms with Gasteiger partial charge in [-0.3, -0.25) is 0 Å². The number of hydrogen-bond acceptors (Lipinski definition) is 1. The highest BCUT2D eigenvalue weighted by Crippen LogP contribution is 2.43. The van der Waals surface area contributed by atoms with Crippen LogP contribution in [0.25, 0.3) is 93.9 Å². The first kappa shape index (κ1) is 38.9. The highest BCUT2D eigenvalue weighted by atomic mass is 15.1. The van der Waals surface area contributed by atoms with Gasteiger partial charge in [-0.1, -0.05) is 188 Å². The van der Waals surface area contributed by atoms with E-state index < -0.39 is 0 Å². The van der Waals surface area contributed by atoms with Crippen molar-refractivity contribution in [2.75, 3.05) is 4.90 Å². The van der Waals surface area contributed by atoms with Crippen molar-refractivity contribution in [2.45, 2.75) is 0 Å². The number of aromatic nitrogens is 1. The third-order valence-electron chi connectivity index (χ3n) is 13.0. The minimum absolute atomic E-state index is 1.08. The van der Waals surface area contributed by atoms with Gasteiger partial charge in [0.25, 0.3) is 0 Å². The van der Waals surface area contributed by atoms with E-state index in [1.807, 2.05) is 0 Å². The number of fused-ring (bicyclic) bond motifs is 4. The van der Waals surface area contributed by atoms with E-state index >= 15 is 0 Å². The average Bonchev–Trinajstić information content (AvgIpc) is 3.73. The number of rotatable bonds is 9. The van der Waals surface area contributed by atoms with Gasteiger partial charge >= 0.3 is 0 Å². The summed E-state index contributed by atoms with van der Waals surface area (Å²) in [4.78, 5) is 2.40. The minimum Gasteiger partial charge on any atom is -0.310 e. The molecule has 0 saturated carbocycles. The Hall–Kier alpha value is -8.72. The summed E-state index contributed by atoms with van der Waals surface area (Å²) in [5, 5.41) is 4.99. The molecule has 2 heteroatoms. The van der Waals surface area contributed by atoms with Gasteiger partial charge in [0.05, 0.1) is 16.7 Å². The zero-order valence-corrected chi connectivity index (χ0v) is 36.3. The van der Waals surface area contributed by atoms with E-state index in [2.05, 4.69) is 276 Å². The molecule has 2 nitrogen and oxygen atoms in total. The summed E-state index contributed by atoms with van der Waals surface area (Å²) in [5.41, 5.74) is 18.7. The summed E-state index contributed by atoms with van der Waals surface area (Å²) in [7, 11) is 0. The molecule has 0 atom stereocenters. The van der Waals surface area contributed by atoms with Gasteiger partial charge in [0, 0.05) is 33.4 Å². The molecule has 12 rings (SSSR count). The molecule has 0 bridgehead atoms. The van der Waals surface area contributed by atoms with Crippen LogP contribution in [0.5, 0.6) is 0 Å². The quantitative estimate of drug-likeness (QED) is 0.141. The fourth-order valence-corrected chi connectivity index (χ4v) is 9.70. The molecule has 0 amide bonds. The lowest BCUT2D eigenvalue weighted by Crippen LogP contribution is -2.11. The molecule has 0 fully saturated rings. The van der Waals surface area contributed by atoms with E-state index in [0.29, 0.717) is 0 Å². The zero-order valence-electron chi connectivity index (χ0n) is 36.3. The fraction of sp³-hybridized carbons (Fsp3) is 0. The van der Waals surface area contributed by atoms with Crippen LogP contribution in [0, 0.1) is 0 Å². The van der Waals surface area contributed by atoms with Gasteiger partial charge in [0.1, 0.15) is 0 Å². The maximum Gasteiger partial charge on any atom is 0.0541 e. The Labute approximate surface area is 385 Å². The predicted molar refractivity (Wildman–Crippen MR) is 280 cm³/mol. The lowest BCUT2D eigenvalue weighted by Gasteiger charge is -2.28. The van der Waals surface area contributed by atoms with Crippen LogP contribution in [-0.2, 0) is 0 Å². The highest BCUT2D eigenvalue weighted by Gasteiger charge is 2.19. The molecule has 310 valence electrons. The Balaban J connectivity index is 0.942. The standard InChI is InChI=1S/C64H44N2/c1-3-15-45(16-4-1)51-20-14-22-55(43-51)59-25-9-11-27-62(59)65(57-36-31-47(32-37-57)50-19-13-21-52(41-50)53-30-29-46-17-7-8-18-49(46)42-53)58-38-33-48(34-39-58)54-35-40-64-61(44-54)60-26-10-12-28-63(60)66(64)56-23-5-2-6-24-56/h1-44H. The van der Waals surface area contributed by atoms with E-state index in [0.717, 1.165) is 28.3 Å². The molecule has 11 aromatic carbocycles. The maximum absolute atomic E-state index is 2.40. The monoisotopic (exact) mass is 840 g/mol. The molecule has 1 aromatic heterocycles. The summed E-state index contributed by atoms with van der Waals surface area (Å²) in [6.45, 7) is 0. The summed E-state index contributed by atoms with van der Waals surface area (Å²) in [5.74, 6) is 0. The molecule has 1 heterocycles. The summed E-state index contributed by atoms with van der Waals surface area (Å²) in [6, 6.07) is 96.9. The molecule has 0 N–H and O–H groups in total. The van der Waals surface area contributed by atoms with Crippen molar-refractivity contribution in [1.82, 2.24) is 4.57 Å². The predicted octanol–water partition coefficient (Wildman–Crippen LogP) is 17.7. The molecular formula is C64H44N2. The lowest BCUT2D eigenvalue weighted by atomic mass is 9.96. The Morgan fingerprint density at radius 1 is 0.258 bits per heavy atom. The Morgan fingerprint density at radius 2 is 0.727 bits per heavy atom. The third kappa shape index (κ3) is 7.21. The lowest BCUT2D eigenvalue weighted by molar-refractivity contribution is 1.18. The molecule has 0 aliphatic rings. The molecule has 12 aromatic rings. The van der Waals surface area contributed by atoms with Crippen molar-refractivity contribution in [2.24, 2.45) is 0 Å². The third-order valence-corrected chi connectivity index (χ3v) is 13.0. The average molecular weight is 841 g/mol. The first-order chi connectivity index (χ1) is 32.7. The summed E-state index contributed by atoms with van der Waals surface area (Å²) in [6.07, 6.45) is 0. The molecule has 0 unspecified atom stereocenters. The largest absolute Gasteiger partial charge is 0.310 e. The minimum atomic E-state index is 1.08. The van der Waals surface area contributed by atoms with Crippen LogP contribution in [0.4, 0.5) is 17.1 Å². The summed E-state index contributed by atoms with van der Waals surface area (Å²) >= 11 is 0. The SMILES string of the molecule is c1ccc(-c2cccc(-c3ccccc3N(c3ccc(-c4cccc(-c5ccc6ccccc6c5)c4)cc3)c3ccc(-c4ccc5c(c4)c4ccccc4n5-c4ccccc4)cc3)c2)cc1. The molecule has 0 aliphatic heterocycles. The van der Waals surface area contributed by atoms with E-state index in [1.165, 1.54) is 82.6 Å². The highest BCUT2D eigenvalue weighted by molar-refractivity contribution is 6.10. The van der Waals surface area contributed by atoms with Crippen molar-refractivity contribution in [1.29, 1.82) is 0 Å². The fourth-order valence-electron chi connectivity index (χ4n) is 9.70. The maximum atomic E-state index is 2.40. The van der Waals surface area contributed by atoms with Crippen molar-refractivity contribution in [3.63, 3.8) is 0 Å². The van der Waals surface area contributed by atoms with Gasteiger partial charge < -0.3 is 9.47 Å². The number of anilines is 3. The van der Waals surface area contributed by atoms with Crippen LogP contribution in [0.3, 0.4) is 0 Å². The second-order valence-electron chi connectivity index (χ2n) is 17.0. The number of nitrogens with zero attached hydrogens (tertiary/aromatic N) is 2. The first-order valence-electron chi connectivity index (χ1n) is 22.7. The van der Waals surface area contributed by atoms with Gasteiger partial charge in [-0.05, 0) is 140 Å². The van der Waals surface area contributed by atoms with E-state index in [1.54, 1.807) is 0 Å². The Bertz CT molecular complexity index is 3680. The van der Waals surface area contributed by atoms with Crippen LogP contribution in [-0.4, -0.2) is 4.57 Å². The molecule has 0 aliphatic carbocycles. The van der Waals surface area contributed by atoms with Gasteiger partial charge in [0.15, 0.2) is 0 Å². The number of para-hydroxylation sites is 3. The van der Waals surface area contributed by atoms with Crippen LogP contribution >= 0.6 is 0 Å². The van der Waals surface area contributed by atoms with Crippen molar-refractivity contribution in [3.8, 4) is 61.3 Å². The molecule has 0 spiro atoms. The van der Waals surface area contributed by atoms with Crippen molar-refractivity contribution in [3.05, 3.63) is 267 Å². The Morgan fingerprint density at radius 3 is 1.45 bits per heavy atom. The molecular weight excluding hydrogens is 797 g/mol. The number of benzene rings is 11. The normalized spacial score (nSPS) is 11.3. The topological polar surface area (TPSA) is 8.17 Å². The van der Waals surface area contributed by atoms with Crippen molar-refractivity contribution < 1.29 is 0 Å². The van der Waals surface area contributed by atoms with Gasteiger partial charge in [-0.15, -0.1) is 0 Å². The smallest absolute Gasteiger partial charge is 0.0541 e. The molecule has 0 saturated heterocycles. The first-order valence-corrected chi connectivity index (χ1v) is 22.7. The molecule has 0 radical (unpaired) electrons. The Kier molecular flexibility index (Phi) is 9.89. The van der Waals surface area contributed by atoms with E-state index in [4.69, 9.17) is 0 Å². The summed E-state index contributed by atoms with van der Waals surface area (Å²) < 4.78 is 2.37. The number of hydrogen-bond donors (Lipinski definition) is 0. The van der Waals surface area contributed by atoms with Crippen molar-refractivity contribution >= 4 is 49.6 Å². The molecule has 66 heavy (non-hydrogen) atoms. The van der Waals surface area contributed by atoms with Gasteiger partial charge in [0.2, 0.25) is 0 Å². The second kappa shape index (κ2) is 16.8. The van der Waals surface area contributed by atoms with Crippen LogP contribution in [0.15, 0.2) is 267 Å². The van der Waals surface area contributed by atoms with Gasteiger partial charge in [-0.2, -0.15) is 0 Å². The second-order valence-corrected chi connectivity index (χ2v) is 17.0. The van der Waals surface area contributed by atoms with Crippen LogP contribution < -0.4 is 4.90 Å². The zero-order chi connectivity index (χ0) is 43.8. The van der Waals surface area contributed by atoms with Crippen LogP contribution in [0.2, 0.25) is 0 Å².